The molecule has 3 nitrogen and oxygen atoms in total. The molecular weight excluding hydrogens is 276 g/mol. The summed E-state index contributed by atoms with van der Waals surface area (Å²) in [7, 11) is 0. The van der Waals surface area contributed by atoms with Gasteiger partial charge in [-0.25, -0.2) is 0 Å². The zero-order valence-corrected chi connectivity index (χ0v) is 12.4. The van der Waals surface area contributed by atoms with Crippen LogP contribution in [0, 0.1) is 0 Å². The summed E-state index contributed by atoms with van der Waals surface area (Å²) in [6, 6.07) is 5.49. The molecule has 22 heavy (non-hydrogen) atoms. The Balaban J connectivity index is 2.26. The van der Waals surface area contributed by atoms with Gasteiger partial charge in [0.2, 0.25) is 0 Å². The van der Waals surface area contributed by atoms with Crippen molar-refractivity contribution in [2.24, 2.45) is 0 Å². The van der Waals surface area contributed by atoms with Crippen molar-refractivity contribution in [1.29, 1.82) is 0 Å². The van der Waals surface area contributed by atoms with Crippen LogP contribution in [0.5, 0.6) is 5.75 Å². The second-order valence-corrected chi connectivity index (χ2v) is 6.46. The topological polar surface area (TPSA) is 60.7 Å². The van der Waals surface area contributed by atoms with E-state index in [2.05, 4.69) is 0 Å². The largest absolute Gasteiger partial charge is 0.508 e. The number of allylic oxidation sites excluding steroid dienone is 2. The van der Waals surface area contributed by atoms with Crippen LogP contribution in [-0.4, -0.2) is 15.3 Å². The molecule has 3 N–H and O–H groups in total. The predicted octanol–water partition coefficient (Wildman–Crippen LogP) is 2.75. The maximum absolute atomic E-state index is 10.6. The van der Waals surface area contributed by atoms with Crippen LogP contribution in [0.1, 0.15) is 25.0 Å². The molecule has 0 amide bonds. The SMILES string of the molecule is CC1(C)C=C(O)C=c2ccc3c4c(cc(O)c3c21)=C(O)C=C4. The van der Waals surface area contributed by atoms with Crippen LogP contribution in [0.4, 0.5) is 0 Å². The highest BCUT2D eigenvalue weighted by atomic mass is 16.3. The molecule has 0 heterocycles. The Labute approximate surface area is 127 Å². The van der Waals surface area contributed by atoms with Crippen molar-refractivity contribution >= 4 is 28.7 Å². The van der Waals surface area contributed by atoms with Crippen molar-refractivity contribution < 1.29 is 15.3 Å². The van der Waals surface area contributed by atoms with Crippen molar-refractivity contribution in [1.82, 2.24) is 0 Å². The number of benzene rings is 2. The van der Waals surface area contributed by atoms with Crippen LogP contribution >= 0.6 is 0 Å². The number of hydrogen-bond donors (Lipinski definition) is 3. The molecule has 2 aromatic rings. The minimum Gasteiger partial charge on any atom is -0.508 e. The van der Waals surface area contributed by atoms with Gasteiger partial charge in [0.15, 0.2) is 0 Å². The molecule has 0 radical (unpaired) electrons. The van der Waals surface area contributed by atoms with E-state index in [1.54, 1.807) is 24.3 Å². The monoisotopic (exact) mass is 292 g/mol. The summed E-state index contributed by atoms with van der Waals surface area (Å²) in [6.07, 6.45) is 7.02. The maximum atomic E-state index is 10.6. The summed E-state index contributed by atoms with van der Waals surface area (Å²) in [6.45, 7) is 4.03. The Morgan fingerprint density at radius 2 is 1.77 bits per heavy atom. The van der Waals surface area contributed by atoms with Gasteiger partial charge in [0.05, 0.1) is 0 Å². The van der Waals surface area contributed by atoms with Gasteiger partial charge in [0, 0.05) is 16.0 Å². The average Bonchev–Trinajstić information content (AvgIpc) is 2.79. The van der Waals surface area contributed by atoms with Gasteiger partial charge in [-0.3, -0.25) is 0 Å². The second-order valence-electron chi connectivity index (χ2n) is 6.46. The van der Waals surface area contributed by atoms with E-state index in [4.69, 9.17) is 0 Å². The van der Waals surface area contributed by atoms with Crippen LogP contribution in [0.3, 0.4) is 0 Å². The average molecular weight is 292 g/mol. The third kappa shape index (κ3) is 1.56. The zero-order chi connectivity index (χ0) is 15.6. The summed E-state index contributed by atoms with van der Waals surface area (Å²) >= 11 is 0. The van der Waals surface area contributed by atoms with Crippen molar-refractivity contribution in [2.45, 2.75) is 19.3 Å². The van der Waals surface area contributed by atoms with E-state index in [1.165, 1.54) is 0 Å². The highest BCUT2D eigenvalue weighted by Crippen LogP contribution is 2.37. The Kier molecular flexibility index (Phi) is 2.33. The first-order valence-corrected chi connectivity index (χ1v) is 7.22. The molecule has 110 valence electrons. The molecule has 0 bridgehead atoms. The fraction of sp³-hybridized carbons (Fsp3) is 0.158. The molecule has 0 aliphatic heterocycles. The first-order valence-electron chi connectivity index (χ1n) is 7.22. The minimum absolute atomic E-state index is 0.150. The van der Waals surface area contributed by atoms with Gasteiger partial charge >= 0.3 is 0 Å². The Hall–Kier alpha value is -2.68. The number of rotatable bonds is 0. The molecule has 2 aliphatic rings. The van der Waals surface area contributed by atoms with Crippen LogP contribution in [0.15, 0.2) is 36.1 Å². The summed E-state index contributed by atoms with van der Waals surface area (Å²) in [5.41, 5.74) is 1.51. The smallest absolute Gasteiger partial charge is 0.124 e. The fourth-order valence-corrected chi connectivity index (χ4v) is 3.64. The summed E-state index contributed by atoms with van der Waals surface area (Å²) in [4.78, 5) is 0. The number of phenols is 1. The number of aliphatic hydroxyl groups is 2. The lowest BCUT2D eigenvalue weighted by Gasteiger charge is -2.27. The third-order valence-electron chi connectivity index (χ3n) is 4.50. The van der Waals surface area contributed by atoms with Crippen LogP contribution < -0.4 is 10.4 Å². The van der Waals surface area contributed by atoms with Crippen molar-refractivity contribution in [2.75, 3.05) is 0 Å². The first kappa shape index (κ1) is 13.0. The molecule has 2 aliphatic carbocycles. The molecule has 0 spiro atoms. The minimum atomic E-state index is -0.395. The van der Waals surface area contributed by atoms with Crippen molar-refractivity contribution in [3.05, 3.63) is 57.7 Å². The molecule has 0 aromatic heterocycles. The van der Waals surface area contributed by atoms with Crippen molar-refractivity contribution in [3.8, 4) is 5.75 Å². The van der Waals surface area contributed by atoms with Crippen molar-refractivity contribution in [3.63, 3.8) is 0 Å². The lowest BCUT2D eigenvalue weighted by molar-refractivity contribution is 0.427. The molecule has 3 heteroatoms. The zero-order valence-electron chi connectivity index (χ0n) is 12.4. The number of fused-ring (bicyclic) bond motifs is 5. The molecule has 2 aromatic carbocycles. The van der Waals surface area contributed by atoms with Gasteiger partial charge in [-0.2, -0.15) is 0 Å². The van der Waals surface area contributed by atoms with Gasteiger partial charge in [0.1, 0.15) is 17.3 Å². The fourth-order valence-electron chi connectivity index (χ4n) is 3.64. The van der Waals surface area contributed by atoms with Gasteiger partial charge in [-0.1, -0.05) is 26.0 Å². The lowest BCUT2D eigenvalue weighted by atomic mass is 9.77. The number of aliphatic hydroxyl groups excluding tert-OH is 2. The number of phenolic OH excluding ortho intramolecular Hbond substituents is 1. The van der Waals surface area contributed by atoms with E-state index in [1.807, 2.05) is 32.1 Å². The predicted molar refractivity (Wildman–Crippen MR) is 88.1 cm³/mol. The van der Waals surface area contributed by atoms with Crippen LogP contribution in [0.2, 0.25) is 0 Å². The van der Waals surface area contributed by atoms with E-state index in [0.29, 0.717) is 5.22 Å². The van der Waals surface area contributed by atoms with Gasteiger partial charge in [-0.15, -0.1) is 0 Å². The third-order valence-corrected chi connectivity index (χ3v) is 4.50. The number of aromatic hydroxyl groups is 1. The van der Waals surface area contributed by atoms with E-state index in [-0.39, 0.29) is 17.3 Å². The Morgan fingerprint density at radius 3 is 2.55 bits per heavy atom. The summed E-state index contributed by atoms with van der Waals surface area (Å²) in [5.74, 6) is 0.564. The molecular formula is C19H16O3. The standard InChI is InChI=1S/C19H16O3/c1-19(2)9-11(20)7-10-3-4-13-12-5-6-15(21)14(12)8-16(22)17(13)18(10)19/h3-9,20-22H,1-2H3. The molecule has 0 saturated heterocycles. The van der Waals surface area contributed by atoms with Gasteiger partial charge in [0.25, 0.3) is 0 Å². The van der Waals surface area contributed by atoms with E-state index in [9.17, 15) is 15.3 Å². The quantitative estimate of drug-likeness (QED) is 0.699. The summed E-state index contributed by atoms with van der Waals surface area (Å²) < 4.78 is 0. The van der Waals surface area contributed by atoms with Crippen LogP contribution in [-0.2, 0) is 5.41 Å². The van der Waals surface area contributed by atoms with Gasteiger partial charge in [-0.05, 0) is 52.1 Å². The molecule has 0 atom stereocenters. The lowest BCUT2D eigenvalue weighted by Crippen LogP contribution is -2.28. The van der Waals surface area contributed by atoms with E-state index < -0.39 is 5.41 Å². The molecule has 0 saturated carbocycles. The van der Waals surface area contributed by atoms with E-state index in [0.717, 1.165) is 27.1 Å². The number of hydrogen-bond acceptors (Lipinski definition) is 3. The Morgan fingerprint density at radius 1 is 1.00 bits per heavy atom. The molecule has 0 fully saturated rings. The maximum Gasteiger partial charge on any atom is 0.124 e. The van der Waals surface area contributed by atoms with Crippen LogP contribution in [0.25, 0.3) is 28.7 Å². The highest BCUT2D eigenvalue weighted by molar-refractivity contribution is 6.00. The van der Waals surface area contributed by atoms with E-state index >= 15 is 0 Å². The highest BCUT2D eigenvalue weighted by Gasteiger charge is 2.27. The second kappa shape index (κ2) is 3.95. The molecule has 0 unspecified atom stereocenters. The first-order chi connectivity index (χ1) is 10.4. The molecule has 4 rings (SSSR count). The van der Waals surface area contributed by atoms with Gasteiger partial charge < -0.3 is 15.3 Å². The normalized spacial score (nSPS) is 17.9. The summed E-state index contributed by atoms with van der Waals surface area (Å²) in [5, 5.41) is 33.6. The Bertz CT molecular complexity index is 1020.